The van der Waals surface area contributed by atoms with Gasteiger partial charge in [-0.25, -0.2) is 0 Å². The number of nitrogen functional groups attached to an aromatic ring is 1. The Balaban J connectivity index is 2.13. The summed E-state index contributed by atoms with van der Waals surface area (Å²) in [6, 6.07) is 2.17. The number of carbonyl (C=O) groups excluding carboxylic acids is 1. The highest BCUT2D eigenvalue weighted by Crippen LogP contribution is 2.37. The first-order chi connectivity index (χ1) is 8.43. The number of nitrogens with zero attached hydrogens (tertiary/aromatic N) is 1. The van der Waals surface area contributed by atoms with Crippen molar-refractivity contribution in [2.24, 2.45) is 0 Å². The van der Waals surface area contributed by atoms with Gasteiger partial charge < -0.3 is 20.4 Å². The number of nitrogens with two attached hydrogens (primary N) is 1. The third-order valence-corrected chi connectivity index (χ3v) is 3.00. The molecule has 18 heavy (non-hydrogen) atoms. The Morgan fingerprint density at radius 2 is 2.28 bits per heavy atom. The van der Waals surface area contributed by atoms with Gasteiger partial charge in [0.05, 0.1) is 17.8 Å². The summed E-state index contributed by atoms with van der Waals surface area (Å²) < 4.78 is 7.07. The van der Waals surface area contributed by atoms with Crippen LogP contribution in [-0.4, -0.2) is 29.7 Å². The molecule has 1 heterocycles. The van der Waals surface area contributed by atoms with E-state index >= 15 is 0 Å². The molecule has 1 aromatic rings. The Bertz CT molecular complexity index is 447. The summed E-state index contributed by atoms with van der Waals surface area (Å²) in [5.41, 5.74) is 6.66. The molecule has 1 saturated carbocycles. The standard InChI is InChI=1S/C13H21N3O2/c1-13(2,8-18-3)15-12(17)11-6-9(14)7-16(11)10-4-5-10/h6-7,10H,4-5,8,14H2,1-3H3,(H,15,17). The molecule has 0 radical (unpaired) electrons. The average molecular weight is 251 g/mol. The van der Waals surface area contributed by atoms with Crippen LogP contribution in [0.1, 0.15) is 43.2 Å². The Morgan fingerprint density at radius 3 is 2.83 bits per heavy atom. The van der Waals surface area contributed by atoms with Crippen molar-refractivity contribution in [3.8, 4) is 0 Å². The van der Waals surface area contributed by atoms with Gasteiger partial charge in [0.15, 0.2) is 0 Å². The molecule has 0 saturated heterocycles. The van der Waals surface area contributed by atoms with Crippen LogP contribution in [0.25, 0.3) is 0 Å². The van der Waals surface area contributed by atoms with Crippen LogP contribution >= 0.6 is 0 Å². The molecule has 1 aliphatic carbocycles. The summed E-state index contributed by atoms with van der Waals surface area (Å²) >= 11 is 0. The normalized spacial score (nSPS) is 15.7. The lowest BCUT2D eigenvalue weighted by molar-refractivity contribution is 0.0811. The van der Waals surface area contributed by atoms with Crippen molar-refractivity contribution in [1.82, 2.24) is 9.88 Å². The van der Waals surface area contributed by atoms with Gasteiger partial charge in [0.1, 0.15) is 5.69 Å². The van der Waals surface area contributed by atoms with E-state index in [0.717, 1.165) is 12.8 Å². The van der Waals surface area contributed by atoms with Gasteiger partial charge in [0, 0.05) is 19.3 Å². The highest BCUT2D eigenvalue weighted by Gasteiger charge is 2.29. The quantitative estimate of drug-likeness (QED) is 0.834. The van der Waals surface area contributed by atoms with E-state index in [0.29, 0.717) is 24.0 Å². The molecular weight excluding hydrogens is 230 g/mol. The second-order valence-corrected chi connectivity index (χ2v) is 5.57. The van der Waals surface area contributed by atoms with Crippen molar-refractivity contribution in [3.05, 3.63) is 18.0 Å². The van der Waals surface area contributed by atoms with E-state index in [1.165, 1.54) is 0 Å². The Labute approximate surface area is 107 Å². The molecule has 3 N–H and O–H groups in total. The molecule has 100 valence electrons. The second kappa shape index (κ2) is 4.65. The number of ether oxygens (including phenoxy) is 1. The topological polar surface area (TPSA) is 69.3 Å². The molecule has 2 rings (SSSR count). The van der Waals surface area contributed by atoms with Crippen molar-refractivity contribution in [2.75, 3.05) is 19.5 Å². The third-order valence-electron chi connectivity index (χ3n) is 3.00. The maximum Gasteiger partial charge on any atom is 0.268 e. The summed E-state index contributed by atoms with van der Waals surface area (Å²) in [6.07, 6.45) is 4.08. The van der Waals surface area contributed by atoms with Crippen LogP contribution in [0.2, 0.25) is 0 Å². The van der Waals surface area contributed by atoms with Gasteiger partial charge >= 0.3 is 0 Å². The van der Waals surface area contributed by atoms with Crippen LogP contribution < -0.4 is 11.1 Å². The number of carbonyl (C=O) groups is 1. The summed E-state index contributed by atoms with van der Waals surface area (Å²) in [7, 11) is 1.62. The zero-order valence-electron chi connectivity index (χ0n) is 11.2. The highest BCUT2D eigenvalue weighted by molar-refractivity contribution is 5.94. The number of nitrogens with one attached hydrogen (secondary N) is 1. The van der Waals surface area contributed by atoms with Crippen LogP contribution in [0.5, 0.6) is 0 Å². The van der Waals surface area contributed by atoms with Crippen molar-refractivity contribution in [2.45, 2.75) is 38.3 Å². The van der Waals surface area contributed by atoms with E-state index in [-0.39, 0.29) is 11.4 Å². The molecule has 0 atom stereocenters. The number of aromatic nitrogens is 1. The summed E-state index contributed by atoms with van der Waals surface area (Å²) in [5.74, 6) is -0.0966. The fourth-order valence-electron chi connectivity index (χ4n) is 2.11. The lowest BCUT2D eigenvalue weighted by Gasteiger charge is -2.25. The van der Waals surface area contributed by atoms with Gasteiger partial charge in [-0.15, -0.1) is 0 Å². The first kappa shape index (κ1) is 13.0. The minimum atomic E-state index is -0.390. The van der Waals surface area contributed by atoms with Gasteiger partial charge in [0.25, 0.3) is 5.91 Å². The number of anilines is 1. The lowest BCUT2D eigenvalue weighted by atomic mass is 10.1. The highest BCUT2D eigenvalue weighted by atomic mass is 16.5. The zero-order chi connectivity index (χ0) is 13.3. The minimum absolute atomic E-state index is 0.0966. The summed E-state index contributed by atoms with van der Waals surface area (Å²) in [4.78, 5) is 12.3. The van der Waals surface area contributed by atoms with Crippen LogP contribution in [0.4, 0.5) is 5.69 Å². The van der Waals surface area contributed by atoms with Gasteiger partial charge in [-0.3, -0.25) is 4.79 Å². The first-order valence-electron chi connectivity index (χ1n) is 6.22. The van der Waals surface area contributed by atoms with E-state index in [1.807, 2.05) is 24.6 Å². The number of hydrogen-bond acceptors (Lipinski definition) is 3. The van der Waals surface area contributed by atoms with Crippen LogP contribution in [0, 0.1) is 0 Å². The van der Waals surface area contributed by atoms with Crippen molar-refractivity contribution < 1.29 is 9.53 Å². The number of methoxy groups -OCH3 is 1. The monoisotopic (exact) mass is 251 g/mol. The maximum atomic E-state index is 12.3. The summed E-state index contributed by atoms with van der Waals surface area (Å²) in [6.45, 7) is 4.34. The van der Waals surface area contributed by atoms with E-state index < -0.39 is 0 Å². The molecule has 1 amide bonds. The molecule has 5 nitrogen and oxygen atoms in total. The molecular formula is C13H21N3O2. The third kappa shape index (κ3) is 2.85. The van der Waals surface area contributed by atoms with Crippen LogP contribution in [-0.2, 0) is 4.74 Å². The van der Waals surface area contributed by atoms with E-state index in [4.69, 9.17) is 10.5 Å². The van der Waals surface area contributed by atoms with Gasteiger partial charge in [-0.05, 0) is 32.8 Å². The average Bonchev–Trinajstić information content (AvgIpc) is 3.01. The fraction of sp³-hybridized carbons (Fsp3) is 0.615. The van der Waals surface area contributed by atoms with Crippen molar-refractivity contribution >= 4 is 11.6 Å². The van der Waals surface area contributed by atoms with Gasteiger partial charge in [0.2, 0.25) is 0 Å². The van der Waals surface area contributed by atoms with Crippen molar-refractivity contribution in [3.63, 3.8) is 0 Å². The molecule has 0 bridgehead atoms. The molecule has 0 spiro atoms. The Hall–Kier alpha value is -1.49. The van der Waals surface area contributed by atoms with E-state index in [9.17, 15) is 4.79 Å². The van der Waals surface area contributed by atoms with Gasteiger partial charge in [-0.1, -0.05) is 0 Å². The largest absolute Gasteiger partial charge is 0.397 e. The molecule has 1 fully saturated rings. The molecule has 1 aromatic heterocycles. The lowest BCUT2D eigenvalue weighted by Crippen LogP contribution is -2.47. The van der Waals surface area contributed by atoms with Crippen LogP contribution in [0.15, 0.2) is 12.3 Å². The van der Waals surface area contributed by atoms with E-state index in [2.05, 4.69) is 5.32 Å². The van der Waals surface area contributed by atoms with Crippen LogP contribution in [0.3, 0.4) is 0 Å². The number of rotatable bonds is 5. The summed E-state index contributed by atoms with van der Waals surface area (Å²) in [5, 5.41) is 2.97. The molecule has 1 aliphatic rings. The van der Waals surface area contributed by atoms with E-state index in [1.54, 1.807) is 13.2 Å². The molecule has 5 heteroatoms. The van der Waals surface area contributed by atoms with Crippen molar-refractivity contribution in [1.29, 1.82) is 0 Å². The minimum Gasteiger partial charge on any atom is -0.397 e. The molecule has 0 unspecified atom stereocenters. The molecule has 0 aromatic carbocycles. The second-order valence-electron chi connectivity index (χ2n) is 5.57. The smallest absolute Gasteiger partial charge is 0.268 e. The Kier molecular flexibility index (Phi) is 3.34. The number of hydrogen-bond donors (Lipinski definition) is 2. The maximum absolute atomic E-state index is 12.3. The first-order valence-corrected chi connectivity index (χ1v) is 6.22. The molecule has 0 aliphatic heterocycles. The predicted octanol–water partition coefficient (Wildman–Crippen LogP) is 1.56. The van der Waals surface area contributed by atoms with Gasteiger partial charge in [-0.2, -0.15) is 0 Å². The zero-order valence-corrected chi connectivity index (χ0v) is 11.2. The predicted molar refractivity (Wildman–Crippen MR) is 70.5 cm³/mol. The number of amides is 1. The Morgan fingerprint density at radius 1 is 1.61 bits per heavy atom. The fourth-order valence-corrected chi connectivity index (χ4v) is 2.11. The SMILES string of the molecule is COCC(C)(C)NC(=O)c1cc(N)cn1C1CC1.